The zero-order valence-electron chi connectivity index (χ0n) is 25.5. The number of likely N-dealkylation sites (tertiary alicyclic amines) is 1. The Morgan fingerprint density at radius 2 is 1.64 bits per heavy atom. The highest BCUT2D eigenvalue weighted by Gasteiger charge is 2.42. The highest BCUT2D eigenvalue weighted by molar-refractivity contribution is 5.79. The predicted octanol–water partition coefficient (Wildman–Crippen LogP) is 7.08. The molecule has 1 heterocycles. The Labute approximate surface area is 224 Å². The van der Waals surface area contributed by atoms with E-state index in [0.717, 1.165) is 43.4 Å². The molecule has 0 saturated carbocycles. The zero-order chi connectivity index (χ0) is 27.4. The molecular weight excluding hydrogens is 448 g/mol. The molecule has 0 aromatic rings. The second-order valence-corrected chi connectivity index (χ2v) is 13.5. The lowest BCUT2D eigenvalue weighted by Gasteiger charge is -2.38. The van der Waals surface area contributed by atoms with Gasteiger partial charge in [-0.15, -0.1) is 0 Å². The maximum absolute atomic E-state index is 13.7. The summed E-state index contributed by atoms with van der Waals surface area (Å²) in [5.41, 5.74) is -0.581. The average molecular weight is 510 g/mol. The van der Waals surface area contributed by atoms with Crippen LogP contribution in [0, 0.1) is 23.2 Å². The monoisotopic (exact) mass is 509 g/mol. The van der Waals surface area contributed by atoms with Crippen LogP contribution in [-0.2, 0) is 14.3 Å². The molecule has 0 radical (unpaired) electrons. The Bertz CT molecular complexity index is 646. The van der Waals surface area contributed by atoms with Crippen LogP contribution >= 0.6 is 0 Å². The third kappa shape index (κ3) is 12.0. The second kappa shape index (κ2) is 16.0. The van der Waals surface area contributed by atoms with Gasteiger partial charge < -0.3 is 14.1 Å². The van der Waals surface area contributed by atoms with Crippen LogP contribution in [0.15, 0.2) is 0 Å². The number of hydrogen-bond donors (Lipinski definition) is 0. The van der Waals surface area contributed by atoms with Gasteiger partial charge in [0.2, 0.25) is 5.91 Å². The molecule has 1 fully saturated rings. The van der Waals surface area contributed by atoms with Crippen LogP contribution in [0.25, 0.3) is 0 Å². The molecule has 5 heteroatoms. The van der Waals surface area contributed by atoms with Crippen LogP contribution in [0.3, 0.4) is 0 Å². The van der Waals surface area contributed by atoms with Crippen molar-refractivity contribution in [3.8, 4) is 0 Å². The van der Waals surface area contributed by atoms with Gasteiger partial charge in [0.15, 0.2) is 0 Å². The number of hydrogen-bond acceptors (Lipinski definition) is 3. The van der Waals surface area contributed by atoms with E-state index in [9.17, 15) is 9.59 Å². The van der Waals surface area contributed by atoms with Crippen molar-refractivity contribution in [2.24, 2.45) is 23.2 Å². The molecule has 0 aliphatic carbocycles. The van der Waals surface area contributed by atoms with Gasteiger partial charge in [0.05, 0.1) is 26.1 Å². The summed E-state index contributed by atoms with van der Waals surface area (Å²) in [6, 6.07) is 0.108. The minimum Gasteiger partial charge on any atom is -0.459 e. The lowest BCUT2D eigenvalue weighted by Crippen LogP contribution is -2.46. The molecule has 1 amide bonds. The number of carbonyl (C=O) groups is 2. The number of ether oxygens (including phenoxy) is 1. The molecule has 0 aromatic heterocycles. The molecule has 5 nitrogen and oxygen atoms in total. The minimum absolute atomic E-state index is 0.0741. The first-order valence-electron chi connectivity index (χ1n) is 15.1. The Morgan fingerprint density at radius 3 is 2.19 bits per heavy atom. The molecule has 1 aliphatic heterocycles. The summed E-state index contributed by atoms with van der Waals surface area (Å²) >= 11 is 0. The summed E-state index contributed by atoms with van der Waals surface area (Å²) in [6.07, 6.45) is 11.8. The van der Waals surface area contributed by atoms with Gasteiger partial charge in [-0.1, -0.05) is 67.2 Å². The zero-order valence-corrected chi connectivity index (χ0v) is 25.5. The molecule has 3 unspecified atom stereocenters. The van der Waals surface area contributed by atoms with Gasteiger partial charge in [0, 0.05) is 19.0 Å². The van der Waals surface area contributed by atoms with Gasteiger partial charge in [0.1, 0.15) is 13.2 Å². The maximum Gasteiger partial charge on any atom is 0.312 e. The number of rotatable bonds is 19. The van der Waals surface area contributed by atoms with Crippen molar-refractivity contribution in [1.29, 1.82) is 0 Å². The van der Waals surface area contributed by atoms with Gasteiger partial charge in [-0.25, -0.2) is 0 Å². The summed E-state index contributed by atoms with van der Waals surface area (Å²) in [4.78, 5) is 28.3. The van der Waals surface area contributed by atoms with Gasteiger partial charge in [-0.2, -0.15) is 0 Å². The number of nitrogens with zero attached hydrogens (tertiary/aromatic N) is 2. The summed E-state index contributed by atoms with van der Waals surface area (Å²) in [5.74, 6) is 1.57. The van der Waals surface area contributed by atoms with Crippen molar-refractivity contribution in [1.82, 2.24) is 4.90 Å². The molecule has 0 bridgehead atoms. The van der Waals surface area contributed by atoms with Crippen molar-refractivity contribution < 1.29 is 18.8 Å². The van der Waals surface area contributed by atoms with Gasteiger partial charge >= 0.3 is 5.97 Å². The molecule has 1 aliphatic rings. The van der Waals surface area contributed by atoms with Crippen molar-refractivity contribution in [2.45, 2.75) is 125 Å². The van der Waals surface area contributed by atoms with Gasteiger partial charge in [-0.3, -0.25) is 9.59 Å². The Balaban J connectivity index is 2.80. The highest BCUT2D eigenvalue weighted by atomic mass is 16.5. The predicted molar refractivity (Wildman–Crippen MR) is 152 cm³/mol. The third-order valence-corrected chi connectivity index (χ3v) is 8.43. The van der Waals surface area contributed by atoms with Crippen molar-refractivity contribution in [3.63, 3.8) is 0 Å². The molecule has 0 N–H and O–H groups in total. The van der Waals surface area contributed by atoms with Crippen LogP contribution in [-0.4, -0.2) is 67.6 Å². The lowest BCUT2D eigenvalue weighted by molar-refractivity contribution is -0.890. The standard InChI is InChI=1S/C31H61N2O3/c1-10-11-12-13-14-15-19-33(8,9)20-21-36-30(35)31(7,23-27(6)26(4)5)24-28(22-25(2)3)32-18-16-17-29(32)34/h25-28H,10-24H2,1-9H3/q+1. The quantitative estimate of drug-likeness (QED) is 0.106. The SMILES string of the molecule is CCCCCCCC[N+](C)(C)CCOC(=O)C(C)(CC(C)C(C)C)CC(CC(C)C)N1CCCC1=O. The molecule has 1 saturated heterocycles. The van der Waals surface area contributed by atoms with Crippen molar-refractivity contribution in [3.05, 3.63) is 0 Å². The number of amides is 1. The van der Waals surface area contributed by atoms with Crippen molar-refractivity contribution in [2.75, 3.05) is 40.3 Å². The smallest absolute Gasteiger partial charge is 0.312 e. The van der Waals surface area contributed by atoms with E-state index in [2.05, 4.69) is 67.5 Å². The fourth-order valence-electron chi connectivity index (χ4n) is 5.63. The Kier molecular flexibility index (Phi) is 14.6. The largest absolute Gasteiger partial charge is 0.459 e. The minimum atomic E-state index is -0.581. The lowest BCUT2D eigenvalue weighted by atomic mass is 9.73. The number of esters is 1. The van der Waals surface area contributed by atoms with Crippen LogP contribution in [0.2, 0.25) is 0 Å². The van der Waals surface area contributed by atoms with E-state index in [0.29, 0.717) is 37.2 Å². The summed E-state index contributed by atoms with van der Waals surface area (Å²) in [6.45, 7) is 18.7. The fourth-order valence-corrected chi connectivity index (χ4v) is 5.63. The number of likely N-dealkylation sites (N-methyl/N-ethyl adjacent to an activating group) is 1. The van der Waals surface area contributed by atoms with Gasteiger partial charge in [-0.05, 0) is 63.2 Å². The Morgan fingerprint density at radius 1 is 1.00 bits per heavy atom. The van der Waals surface area contributed by atoms with E-state index in [-0.39, 0.29) is 17.9 Å². The van der Waals surface area contributed by atoms with E-state index in [1.807, 2.05) is 0 Å². The summed E-state index contributed by atoms with van der Waals surface area (Å²) in [5, 5.41) is 0. The summed E-state index contributed by atoms with van der Waals surface area (Å²) < 4.78 is 6.91. The van der Waals surface area contributed by atoms with E-state index in [1.165, 1.54) is 38.5 Å². The molecule has 0 spiro atoms. The van der Waals surface area contributed by atoms with Crippen LogP contribution in [0.1, 0.15) is 119 Å². The normalized spacial score (nSPS) is 18.1. The topological polar surface area (TPSA) is 46.6 Å². The number of quaternary nitrogens is 1. The third-order valence-electron chi connectivity index (χ3n) is 8.43. The second-order valence-electron chi connectivity index (χ2n) is 13.5. The van der Waals surface area contributed by atoms with Crippen LogP contribution in [0.4, 0.5) is 0 Å². The first kappa shape index (κ1) is 32.9. The molecular formula is C31H61N2O3+. The van der Waals surface area contributed by atoms with E-state index >= 15 is 0 Å². The number of carbonyl (C=O) groups excluding carboxylic acids is 2. The molecule has 36 heavy (non-hydrogen) atoms. The van der Waals surface area contributed by atoms with E-state index in [1.54, 1.807) is 0 Å². The number of unbranched alkanes of at least 4 members (excludes halogenated alkanes) is 5. The molecule has 3 atom stereocenters. The highest BCUT2D eigenvalue weighted by Crippen LogP contribution is 2.38. The molecule has 1 rings (SSSR count). The van der Waals surface area contributed by atoms with Crippen LogP contribution in [0.5, 0.6) is 0 Å². The maximum atomic E-state index is 13.7. The molecule has 0 aromatic carbocycles. The van der Waals surface area contributed by atoms with Crippen molar-refractivity contribution >= 4 is 11.9 Å². The van der Waals surface area contributed by atoms with Crippen LogP contribution < -0.4 is 0 Å². The first-order chi connectivity index (χ1) is 16.8. The first-order valence-corrected chi connectivity index (χ1v) is 15.1. The molecule has 212 valence electrons. The van der Waals surface area contributed by atoms with E-state index in [4.69, 9.17) is 4.74 Å². The fraction of sp³-hybridized carbons (Fsp3) is 0.935. The summed E-state index contributed by atoms with van der Waals surface area (Å²) in [7, 11) is 4.50. The van der Waals surface area contributed by atoms with Gasteiger partial charge in [0.25, 0.3) is 0 Å². The Hall–Kier alpha value is -1.10. The average Bonchev–Trinajstić information content (AvgIpc) is 3.20. The van der Waals surface area contributed by atoms with E-state index < -0.39 is 5.41 Å².